The molecule has 0 saturated heterocycles. The number of fused-ring (bicyclic) bond motifs is 2. The van der Waals surface area contributed by atoms with Crippen molar-refractivity contribution >= 4 is 98.8 Å². The first-order valence-electron chi connectivity index (χ1n) is 28.2. The Morgan fingerprint density at radius 2 is 1.12 bits per heavy atom. The standard InChI is InChI=1S/C21H23N3O3.C16H16N4O4.C11H15NO2.C11H15NO.C5H9ClO.C2H5ClO/c1-21(2,3)17-15-11-7-8-12-16(15)22-19(25)18(23-17)24-20(26)27-13-14-9-5-4-6-10-14;21-15(22)14(20-13-9-5-4-8-12(13)18-19-20)17-16(23)24-10-11-6-2-1-3-7-11;1-11(2,3)14-10(13)12-9-7-5-4-6-8-9;1-11(2,3)10(13)8-6-4-5-7-9(8)12;1-5(2,3)4(6)7;1-2-4-3/h4-12,18H,13H2,1-3H3,(H,22,25)(H,24,26);1-9,14,18-19H,10H2,(H,17,23)(H,21,22);4-8H,1-3H3,(H,12,13);4-7H,12H2,1-3H3;1-3H3;2H2,1H3. The lowest BCUT2D eigenvalue weighted by Gasteiger charge is -2.25. The molecule has 2 heterocycles. The van der Waals surface area contributed by atoms with Crippen LogP contribution in [0.4, 0.5) is 42.8 Å². The van der Waals surface area contributed by atoms with Gasteiger partial charge in [0.15, 0.2) is 5.78 Å². The summed E-state index contributed by atoms with van der Waals surface area (Å²) in [6, 6.07) is 49.4. The van der Waals surface area contributed by atoms with Gasteiger partial charge in [0, 0.05) is 44.4 Å². The number of nitrogen functional groups attached to an aromatic ring is 1. The van der Waals surface area contributed by atoms with Crippen LogP contribution in [0.3, 0.4) is 0 Å². The highest BCUT2D eigenvalue weighted by Gasteiger charge is 2.34. The zero-order valence-electron chi connectivity index (χ0n) is 52.5. The van der Waals surface area contributed by atoms with E-state index in [1.165, 1.54) is 5.01 Å². The molecule has 0 bridgehead atoms. The van der Waals surface area contributed by atoms with Gasteiger partial charge in [-0.1, -0.05) is 184 Å². The fraction of sp³-hybridized carbons (Fsp3) is 0.333. The molecule has 2 aliphatic rings. The third-order valence-corrected chi connectivity index (χ3v) is 12.3. The van der Waals surface area contributed by atoms with E-state index < -0.39 is 48.1 Å². The van der Waals surface area contributed by atoms with Crippen molar-refractivity contribution < 1.29 is 57.2 Å². The molecule has 8 rings (SSSR count). The molecule has 2 unspecified atom stereocenters. The summed E-state index contributed by atoms with van der Waals surface area (Å²) in [4.78, 5) is 86.1. The third-order valence-electron chi connectivity index (χ3n) is 11.6. The van der Waals surface area contributed by atoms with Gasteiger partial charge in [-0.2, -0.15) is 0 Å². The summed E-state index contributed by atoms with van der Waals surface area (Å²) in [5.41, 5.74) is 16.9. The van der Waals surface area contributed by atoms with Gasteiger partial charge in [0.1, 0.15) is 18.8 Å². The molecule has 6 aromatic carbocycles. The maximum absolute atomic E-state index is 12.6. The largest absolute Gasteiger partial charge is 0.478 e. The van der Waals surface area contributed by atoms with Gasteiger partial charge in [0.05, 0.1) is 35.6 Å². The van der Waals surface area contributed by atoms with E-state index in [4.69, 9.17) is 31.5 Å². The van der Waals surface area contributed by atoms with E-state index in [0.717, 1.165) is 28.1 Å². The Labute approximate surface area is 531 Å². The number of carboxylic acids is 1. The summed E-state index contributed by atoms with van der Waals surface area (Å²) in [5, 5.41) is 20.8. The fourth-order valence-electron chi connectivity index (χ4n) is 7.17. The molecule has 89 heavy (non-hydrogen) atoms. The number of ether oxygens (including phenoxy) is 3. The molecule has 0 fully saturated rings. The monoisotopic (exact) mass is 1260 g/mol. The van der Waals surface area contributed by atoms with Crippen LogP contribution in [-0.4, -0.2) is 76.5 Å². The van der Waals surface area contributed by atoms with Crippen LogP contribution in [-0.2, 0) is 46.1 Å². The highest BCUT2D eigenvalue weighted by Crippen LogP contribution is 2.31. The average Bonchev–Trinajstić information content (AvgIpc) is 2.36. The van der Waals surface area contributed by atoms with Gasteiger partial charge in [-0.15, -0.1) is 5.53 Å². The molecular weight excluding hydrogens is 1180 g/mol. The maximum atomic E-state index is 12.6. The van der Waals surface area contributed by atoms with Crippen LogP contribution in [0.25, 0.3) is 0 Å². The van der Waals surface area contributed by atoms with Crippen molar-refractivity contribution in [2.45, 2.75) is 121 Å². The first kappa shape index (κ1) is 74.2. The van der Waals surface area contributed by atoms with E-state index >= 15 is 0 Å². The molecule has 2 aliphatic heterocycles. The molecule has 4 amide bonds. The van der Waals surface area contributed by atoms with Crippen LogP contribution in [0.5, 0.6) is 0 Å². The van der Waals surface area contributed by atoms with E-state index in [0.29, 0.717) is 34.9 Å². The predicted octanol–water partition coefficient (Wildman–Crippen LogP) is 13.9. The van der Waals surface area contributed by atoms with Crippen LogP contribution in [0.1, 0.15) is 117 Å². The molecule has 6 aromatic rings. The molecule has 23 heteroatoms. The van der Waals surface area contributed by atoms with Gasteiger partial charge in [0.2, 0.25) is 17.6 Å². The Hall–Kier alpha value is -9.02. The zero-order chi connectivity index (χ0) is 66.5. The minimum Gasteiger partial charge on any atom is -0.478 e. The number of nitrogens with two attached hydrogens (primary N) is 1. The SMILES string of the molecule is CC(C)(C)C(=O)Cl.CC(C)(C)C(=O)c1ccccc1N.CC(C)(C)C1=NC(NC(=O)OCc2ccccc2)C(=O)Nc2ccccc21.CC(C)(C)OC(=O)Nc1ccccc1.CCOCl.O=C(NC(C(=O)O)N1NNc2ccccc21)OCc1ccccc1. The van der Waals surface area contributed by atoms with Gasteiger partial charge in [-0.3, -0.25) is 44.6 Å². The van der Waals surface area contributed by atoms with Crippen molar-refractivity contribution in [3.63, 3.8) is 0 Å². The number of anilines is 5. The summed E-state index contributed by atoms with van der Waals surface area (Å²) >= 11 is 9.80. The normalized spacial score (nSPS) is 13.2. The van der Waals surface area contributed by atoms with E-state index in [1.807, 2.05) is 203 Å². The number of aliphatic carboxylic acids is 1. The summed E-state index contributed by atoms with van der Waals surface area (Å²) in [5.74, 6) is -1.54. The highest BCUT2D eigenvalue weighted by molar-refractivity contribution is 6.64. The number of aliphatic imine (C=N–C) groups is 1. The molecule has 0 radical (unpaired) electrons. The minimum atomic E-state index is -1.33. The number of hydrazine groups is 2. The van der Waals surface area contributed by atoms with E-state index in [-0.39, 0.29) is 40.5 Å². The van der Waals surface area contributed by atoms with Crippen LogP contribution >= 0.6 is 23.5 Å². The van der Waals surface area contributed by atoms with Gasteiger partial charge >= 0.3 is 24.2 Å². The summed E-state index contributed by atoms with van der Waals surface area (Å²) in [6.07, 6.45) is -4.33. The summed E-state index contributed by atoms with van der Waals surface area (Å²) in [7, 11) is 0. The number of ketones is 1. The Morgan fingerprint density at radius 1 is 0.652 bits per heavy atom. The maximum Gasteiger partial charge on any atom is 0.412 e. The number of rotatable bonds is 11. The first-order chi connectivity index (χ1) is 41.7. The molecule has 2 atom stereocenters. The van der Waals surface area contributed by atoms with Crippen molar-refractivity contribution in [1.29, 1.82) is 0 Å². The van der Waals surface area contributed by atoms with Crippen LogP contribution in [0, 0.1) is 16.2 Å². The van der Waals surface area contributed by atoms with Crippen molar-refractivity contribution in [2.24, 2.45) is 21.2 Å². The Bertz CT molecular complexity index is 3270. The molecule has 9 N–H and O–H groups in total. The van der Waals surface area contributed by atoms with E-state index in [1.54, 1.807) is 51.1 Å². The number of para-hydroxylation sites is 5. The smallest absolute Gasteiger partial charge is 0.412 e. The second-order valence-corrected chi connectivity index (χ2v) is 24.1. The molecule has 21 nitrogen and oxygen atoms in total. The molecule has 0 aromatic heterocycles. The van der Waals surface area contributed by atoms with Gasteiger partial charge in [0.25, 0.3) is 5.91 Å². The molecule has 0 spiro atoms. The number of amides is 4. The van der Waals surface area contributed by atoms with E-state index in [9.17, 15) is 38.7 Å². The number of halogens is 2. The number of carbonyl (C=O) groups excluding carboxylic acids is 6. The highest BCUT2D eigenvalue weighted by atomic mass is 35.5. The predicted molar refractivity (Wildman–Crippen MR) is 350 cm³/mol. The number of benzodiazepines with no additional fused rings is 1. The number of carboxylic acid groups (broad SMARTS) is 1. The fourth-order valence-corrected chi connectivity index (χ4v) is 7.17. The lowest BCUT2D eigenvalue weighted by Crippen LogP contribution is -2.57. The quantitative estimate of drug-likeness (QED) is 0.0259. The molecule has 478 valence electrons. The number of nitrogens with zero attached hydrogens (tertiary/aromatic N) is 2. The van der Waals surface area contributed by atoms with Gasteiger partial charge < -0.3 is 35.8 Å². The van der Waals surface area contributed by atoms with Crippen molar-refractivity contribution in [1.82, 2.24) is 16.2 Å². The van der Waals surface area contributed by atoms with Gasteiger partial charge in [-0.25, -0.2) is 19.2 Å². The van der Waals surface area contributed by atoms with Crippen molar-refractivity contribution in [3.8, 4) is 0 Å². The average molecular weight is 1270 g/mol. The second-order valence-electron chi connectivity index (χ2n) is 23.5. The molecule has 0 aliphatic carbocycles. The lowest BCUT2D eigenvalue weighted by molar-refractivity contribution is -0.139. The number of nitrogens with one attached hydrogen (secondary N) is 6. The number of Topliss-reactive ketones (excluding diaryl/α,β-unsaturated/α-hetero) is 1. The molecular formula is C66H83Cl2N9O12. The topological polar surface area (TPSA) is 290 Å². The van der Waals surface area contributed by atoms with Crippen molar-refractivity contribution in [3.05, 3.63) is 186 Å². The lowest BCUT2D eigenvalue weighted by atomic mass is 9.85. The molecule has 0 saturated carbocycles. The number of hydrogen-bond acceptors (Lipinski definition) is 16. The zero-order valence-corrected chi connectivity index (χ0v) is 54.0. The second kappa shape index (κ2) is 35.7. The number of benzene rings is 6. The minimum absolute atomic E-state index is 0.0568. The number of carbonyl (C=O) groups is 7. The Morgan fingerprint density at radius 3 is 1.61 bits per heavy atom. The van der Waals surface area contributed by atoms with Gasteiger partial charge in [-0.05, 0) is 92.9 Å². The van der Waals surface area contributed by atoms with Crippen LogP contribution < -0.4 is 43.0 Å². The first-order valence-corrected chi connectivity index (χ1v) is 28.9. The van der Waals surface area contributed by atoms with Crippen LogP contribution in [0.2, 0.25) is 0 Å². The third kappa shape index (κ3) is 27.3. The number of hydrogen-bond donors (Lipinski definition) is 8. The summed E-state index contributed by atoms with van der Waals surface area (Å²) in [6.45, 7) is 25.1. The number of alkyl carbamates (subject to hydrolysis) is 2. The van der Waals surface area contributed by atoms with Crippen molar-refractivity contribution in [2.75, 3.05) is 33.4 Å². The Kier molecular flexibility index (Phi) is 29.8. The Balaban J connectivity index is 0.000000303. The summed E-state index contributed by atoms with van der Waals surface area (Å²) < 4.78 is 19.4. The van der Waals surface area contributed by atoms with Crippen LogP contribution in [0.15, 0.2) is 169 Å². The van der Waals surface area contributed by atoms with E-state index in [2.05, 4.69) is 53.4 Å².